The van der Waals surface area contributed by atoms with Crippen LogP contribution in [0.5, 0.6) is 0 Å². The first-order valence-corrected chi connectivity index (χ1v) is 11.9. The molecule has 37 heavy (non-hydrogen) atoms. The number of aryl methyl sites for hydroxylation is 2. The summed E-state index contributed by atoms with van der Waals surface area (Å²) in [7, 11) is 0. The van der Waals surface area contributed by atoms with Gasteiger partial charge in [0.2, 0.25) is 5.91 Å². The van der Waals surface area contributed by atoms with Crippen LogP contribution in [-0.2, 0) is 16.1 Å². The number of benzene rings is 3. The van der Waals surface area contributed by atoms with Gasteiger partial charge in [-0.15, -0.1) is 0 Å². The molecule has 0 spiro atoms. The summed E-state index contributed by atoms with van der Waals surface area (Å²) in [6.45, 7) is 6.26. The quantitative estimate of drug-likeness (QED) is 0.185. The van der Waals surface area contributed by atoms with E-state index in [4.69, 9.17) is 5.21 Å². The number of nitrogens with one attached hydrogen (secondary N) is 4. The van der Waals surface area contributed by atoms with Crippen LogP contribution in [0.15, 0.2) is 66.7 Å². The van der Waals surface area contributed by atoms with Crippen LogP contribution in [0, 0.1) is 13.8 Å². The van der Waals surface area contributed by atoms with Crippen molar-refractivity contribution in [3.8, 4) is 11.1 Å². The summed E-state index contributed by atoms with van der Waals surface area (Å²) in [4.78, 5) is 36.3. The Kier molecular flexibility index (Phi) is 9.51. The van der Waals surface area contributed by atoms with Gasteiger partial charge in [-0.25, -0.2) is 5.48 Å². The number of carbonyl (C=O) groups is 3. The zero-order valence-electron chi connectivity index (χ0n) is 21.0. The van der Waals surface area contributed by atoms with Gasteiger partial charge >= 0.3 is 0 Å². The van der Waals surface area contributed by atoms with E-state index in [2.05, 4.69) is 41.9 Å². The number of hydrogen-bond acceptors (Lipinski definition) is 6. The number of amides is 3. The summed E-state index contributed by atoms with van der Waals surface area (Å²) in [5, 5.41) is 26.9. The number of hydroxylamine groups is 1. The third kappa shape index (κ3) is 7.71. The fourth-order valence-electron chi connectivity index (χ4n) is 3.70. The Bertz CT molecular complexity index is 1240. The number of aliphatic hydroxyl groups excluding tert-OH is 1. The van der Waals surface area contributed by atoms with Gasteiger partial charge in [0.25, 0.3) is 11.8 Å². The predicted molar refractivity (Wildman–Crippen MR) is 141 cm³/mol. The second kappa shape index (κ2) is 12.8. The Balaban J connectivity index is 1.53. The van der Waals surface area contributed by atoms with E-state index in [0.29, 0.717) is 12.2 Å². The van der Waals surface area contributed by atoms with E-state index in [1.165, 1.54) is 23.5 Å². The van der Waals surface area contributed by atoms with Crippen molar-refractivity contribution in [2.75, 3.05) is 11.9 Å². The van der Waals surface area contributed by atoms with Crippen molar-refractivity contribution in [1.29, 1.82) is 0 Å². The maximum atomic E-state index is 12.4. The van der Waals surface area contributed by atoms with Crippen LogP contribution in [0.25, 0.3) is 11.1 Å². The molecule has 3 aromatic carbocycles. The first-order valence-electron chi connectivity index (χ1n) is 11.9. The van der Waals surface area contributed by atoms with Gasteiger partial charge in [0, 0.05) is 17.8 Å². The van der Waals surface area contributed by atoms with Gasteiger partial charge in [-0.2, -0.15) is 0 Å². The highest BCUT2D eigenvalue weighted by Crippen LogP contribution is 2.22. The van der Waals surface area contributed by atoms with E-state index in [0.717, 1.165) is 16.7 Å². The Morgan fingerprint density at radius 2 is 1.49 bits per heavy atom. The first-order chi connectivity index (χ1) is 17.7. The Morgan fingerprint density at radius 1 is 0.865 bits per heavy atom. The summed E-state index contributed by atoms with van der Waals surface area (Å²) in [5.41, 5.74) is 7.71. The molecule has 3 amide bonds. The van der Waals surface area contributed by atoms with Crippen LogP contribution < -0.4 is 21.4 Å². The topological polar surface area (TPSA) is 140 Å². The first kappa shape index (κ1) is 27.5. The van der Waals surface area contributed by atoms with Crippen molar-refractivity contribution >= 4 is 23.4 Å². The standard InChI is InChI=1S/C28H32N4O5/c1-17-4-5-20(14-18(17)2)15-29-16-25(34)30-24-12-10-22(11-13-24)21-6-8-23(9-7-21)27(35)31-26(19(3)33)28(36)32-37/h4-14,19,26,29,33,37H,15-16H2,1-3H3,(H,30,34)(H,31,35)(H,32,36)/t19-,26+/m1/s1. The van der Waals surface area contributed by atoms with Gasteiger partial charge in [0.1, 0.15) is 6.04 Å². The van der Waals surface area contributed by atoms with Crippen LogP contribution in [0.2, 0.25) is 0 Å². The average Bonchev–Trinajstić information content (AvgIpc) is 2.89. The average molecular weight is 505 g/mol. The molecule has 9 nitrogen and oxygen atoms in total. The molecule has 6 N–H and O–H groups in total. The van der Waals surface area contributed by atoms with Crippen molar-refractivity contribution in [3.63, 3.8) is 0 Å². The second-order valence-corrected chi connectivity index (χ2v) is 8.89. The Hall–Kier alpha value is -4.05. The molecule has 0 unspecified atom stereocenters. The maximum Gasteiger partial charge on any atom is 0.268 e. The molecule has 194 valence electrons. The molecule has 0 aliphatic rings. The second-order valence-electron chi connectivity index (χ2n) is 8.89. The molecule has 0 aromatic heterocycles. The van der Waals surface area contributed by atoms with E-state index in [1.807, 2.05) is 18.2 Å². The van der Waals surface area contributed by atoms with Crippen LogP contribution in [0.4, 0.5) is 5.69 Å². The van der Waals surface area contributed by atoms with Crippen molar-refractivity contribution in [1.82, 2.24) is 16.1 Å². The van der Waals surface area contributed by atoms with Crippen LogP contribution in [-0.4, -0.2) is 46.7 Å². The van der Waals surface area contributed by atoms with E-state index in [9.17, 15) is 19.5 Å². The zero-order valence-corrected chi connectivity index (χ0v) is 21.0. The molecule has 0 aliphatic heterocycles. The third-order valence-electron chi connectivity index (χ3n) is 6.00. The van der Waals surface area contributed by atoms with E-state index < -0.39 is 24.0 Å². The normalized spacial score (nSPS) is 12.4. The highest BCUT2D eigenvalue weighted by atomic mass is 16.5. The molecule has 0 heterocycles. The van der Waals surface area contributed by atoms with Gasteiger partial charge in [-0.05, 0) is 72.9 Å². The zero-order chi connectivity index (χ0) is 26.9. The molecule has 0 bridgehead atoms. The summed E-state index contributed by atoms with van der Waals surface area (Å²) in [5.74, 6) is -1.62. The van der Waals surface area contributed by atoms with E-state index >= 15 is 0 Å². The fraction of sp³-hybridized carbons (Fsp3) is 0.250. The minimum Gasteiger partial charge on any atom is -0.391 e. The van der Waals surface area contributed by atoms with Crippen molar-refractivity contribution in [3.05, 3.63) is 89.0 Å². The van der Waals surface area contributed by atoms with Gasteiger partial charge in [0.15, 0.2) is 0 Å². The molecule has 0 saturated carbocycles. The number of rotatable bonds is 10. The molecule has 0 fully saturated rings. The van der Waals surface area contributed by atoms with Crippen LogP contribution in [0.3, 0.4) is 0 Å². The lowest BCUT2D eigenvalue weighted by Gasteiger charge is -2.19. The van der Waals surface area contributed by atoms with Crippen molar-refractivity contribution in [2.24, 2.45) is 0 Å². The van der Waals surface area contributed by atoms with Gasteiger partial charge in [0.05, 0.1) is 12.6 Å². The minimum atomic E-state index is -1.29. The molecule has 2 atom stereocenters. The Labute approximate surface area is 215 Å². The monoisotopic (exact) mass is 504 g/mol. The third-order valence-corrected chi connectivity index (χ3v) is 6.00. The molecule has 0 aliphatic carbocycles. The molecule has 9 heteroatoms. The van der Waals surface area contributed by atoms with Gasteiger partial charge in [-0.3, -0.25) is 19.6 Å². The summed E-state index contributed by atoms with van der Waals surface area (Å²) >= 11 is 0. The highest BCUT2D eigenvalue weighted by Gasteiger charge is 2.25. The van der Waals surface area contributed by atoms with E-state index in [-0.39, 0.29) is 18.0 Å². The molecule has 3 aromatic rings. The number of carbonyl (C=O) groups excluding carboxylic acids is 3. The largest absolute Gasteiger partial charge is 0.391 e. The minimum absolute atomic E-state index is 0.141. The van der Waals surface area contributed by atoms with Crippen LogP contribution in [0.1, 0.15) is 34.0 Å². The van der Waals surface area contributed by atoms with Gasteiger partial charge in [-0.1, -0.05) is 42.5 Å². The summed E-state index contributed by atoms with van der Waals surface area (Å²) < 4.78 is 0. The highest BCUT2D eigenvalue weighted by molar-refractivity contribution is 5.98. The number of aliphatic hydroxyl groups is 1. The smallest absolute Gasteiger partial charge is 0.268 e. The van der Waals surface area contributed by atoms with Crippen molar-refractivity contribution in [2.45, 2.75) is 39.5 Å². The predicted octanol–water partition coefficient (Wildman–Crippen LogP) is 2.68. The molecular formula is C28H32N4O5. The molecule has 0 radical (unpaired) electrons. The SMILES string of the molecule is Cc1ccc(CNCC(=O)Nc2ccc(-c3ccc(C(=O)N[C@H](C(=O)NO)[C@@H](C)O)cc3)cc2)cc1C. The van der Waals surface area contributed by atoms with Crippen LogP contribution >= 0.6 is 0 Å². The molecule has 0 saturated heterocycles. The lowest BCUT2D eigenvalue weighted by Crippen LogP contribution is -2.51. The number of anilines is 1. The summed E-state index contributed by atoms with van der Waals surface area (Å²) in [6.07, 6.45) is -1.19. The lowest BCUT2D eigenvalue weighted by molar-refractivity contribution is -0.133. The molecule has 3 rings (SSSR count). The number of hydrogen-bond donors (Lipinski definition) is 6. The lowest BCUT2D eigenvalue weighted by atomic mass is 10.0. The van der Waals surface area contributed by atoms with Crippen molar-refractivity contribution < 1.29 is 24.7 Å². The summed E-state index contributed by atoms with van der Waals surface area (Å²) in [6, 6.07) is 19.0. The Morgan fingerprint density at radius 3 is 2.05 bits per heavy atom. The molecular weight excluding hydrogens is 472 g/mol. The van der Waals surface area contributed by atoms with Gasteiger partial charge < -0.3 is 21.1 Å². The van der Waals surface area contributed by atoms with E-state index in [1.54, 1.807) is 36.4 Å². The maximum absolute atomic E-state index is 12.4. The fourth-order valence-corrected chi connectivity index (χ4v) is 3.70.